The Labute approximate surface area is 145 Å². The SMILES string of the molecule is O.[Ce].[La].[Nd].[Zr]. The van der Waals surface area contributed by atoms with Crippen LogP contribution < -0.4 is 0 Å². The maximum absolute atomic E-state index is 0. The molecule has 2 N–H and O–H groups in total. The van der Waals surface area contributed by atoms with Crippen LogP contribution in [0, 0.1) is 118 Å². The summed E-state index contributed by atoms with van der Waals surface area (Å²) < 4.78 is 0. The van der Waals surface area contributed by atoms with Crippen molar-refractivity contribution < 1.29 is 150 Å². The van der Waals surface area contributed by atoms with E-state index >= 15 is 0 Å². The van der Waals surface area contributed by atoms with Crippen LogP contribution in [0.2, 0.25) is 0 Å². The van der Waals surface area contributed by atoms with E-state index in [9.17, 15) is 0 Å². The van der Waals surface area contributed by atoms with Crippen molar-refractivity contribution in [3.63, 3.8) is 0 Å². The fourth-order valence-electron chi connectivity index (χ4n) is 0. The maximum atomic E-state index is 0. The molecule has 0 atom stereocenters. The molecule has 1 radical (unpaired) electrons. The Hall–Kier alpha value is 4.77. The second kappa shape index (κ2) is 23.3. The maximum Gasteiger partial charge on any atom is 0 e. The second-order valence-corrected chi connectivity index (χ2v) is 0. The molecule has 0 spiro atoms. The summed E-state index contributed by atoms with van der Waals surface area (Å²) in [6.07, 6.45) is 0. The van der Waals surface area contributed by atoms with Crippen molar-refractivity contribution in [3.8, 4) is 0 Å². The number of hydrogen-bond acceptors (Lipinski definition) is 0. The van der Waals surface area contributed by atoms with Gasteiger partial charge >= 0.3 is 0 Å². The minimum atomic E-state index is 0. The standard InChI is InChI=1S/Ce.La.Nd.H2O.Zr/h;;;1H2;. The van der Waals surface area contributed by atoms with Crippen LogP contribution in [-0.2, 0) is 26.2 Å². The van der Waals surface area contributed by atoms with Gasteiger partial charge in [-0.2, -0.15) is 0 Å². The van der Waals surface area contributed by atoms with Crippen LogP contribution in [0.25, 0.3) is 0 Å². The normalized spacial score (nSPS) is 0. The van der Waals surface area contributed by atoms with E-state index in [-0.39, 0.29) is 150 Å². The van der Waals surface area contributed by atoms with Crippen LogP contribution in [0.1, 0.15) is 0 Å². The van der Waals surface area contributed by atoms with Crippen molar-refractivity contribution in [1.29, 1.82) is 0 Å². The molecule has 0 saturated heterocycles. The van der Waals surface area contributed by atoms with E-state index < -0.39 is 0 Å². The van der Waals surface area contributed by atoms with E-state index in [0.29, 0.717) is 0 Å². The molecule has 5 heavy (non-hydrogen) atoms. The first kappa shape index (κ1) is 33.0. The molecule has 0 bridgehead atoms. The van der Waals surface area contributed by atoms with Crippen LogP contribution >= 0.6 is 0 Å². The molecular formula is H2CeLaNdOZr. The zero-order chi connectivity index (χ0) is 0. The quantitative estimate of drug-likeness (QED) is 0.391. The first-order valence-corrected chi connectivity index (χ1v) is 0. The molecule has 0 aromatic carbocycles. The van der Waals surface area contributed by atoms with Gasteiger partial charge in [0, 0.05) is 144 Å². The average molecular weight is 533 g/mol. The van der Waals surface area contributed by atoms with Crippen LogP contribution in [0.4, 0.5) is 0 Å². The fourth-order valence-corrected chi connectivity index (χ4v) is 0. The van der Waals surface area contributed by atoms with Crippen molar-refractivity contribution in [2.75, 3.05) is 0 Å². The summed E-state index contributed by atoms with van der Waals surface area (Å²) in [5, 5.41) is 0. The third kappa shape index (κ3) is 17.7. The van der Waals surface area contributed by atoms with E-state index in [1.165, 1.54) is 0 Å². The molecule has 23 valence electrons. The van der Waals surface area contributed by atoms with Gasteiger partial charge in [-0.05, 0) is 0 Å². The number of hydrogen-bond donors (Lipinski definition) is 0. The predicted molar refractivity (Wildman–Crippen MR) is 3.61 cm³/mol. The van der Waals surface area contributed by atoms with Crippen molar-refractivity contribution in [3.05, 3.63) is 0 Å². The first-order chi connectivity index (χ1) is 0. The van der Waals surface area contributed by atoms with Gasteiger partial charge in [-0.15, -0.1) is 0 Å². The summed E-state index contributed by atoms with van der Waals surface area (Å²) in [5.41, 5.74) is 0. The molecule has 0 aliphatic heterocycles. The average Bonchev–Trinajstić information content (AvgIpc) is 0. The van der Waals surface area contributed by atoms with Crippen LogP contribution in [0.3, 0.4) is 0 Å². The molecule has 0 rings (SSSR count). The molecule has 5 heteroatoms. The monoisotopic (exact) mass is 529 g/mol. The molecule has 0 aliphatic rings. The smallest absolute Gasteiger partial charge is 0 e. The minimum absolute atomic E-state index is 0. The molecule has 0 aromatic rings. The Morgan fingerprint density at radius 2 is 1.00 bits per heavy atom. The van der Waals surface area contributed by atoms with E-state index in [4.69, 9.17) is 0 Å². The Bertz CT molecular complexity index is 11.6. The van der Waals surface area contributed by atoms with Crippen molar-refractivity contribution >= 4 is 0 Å². The molecule has 0 heterocycles. The van der Waals surface area contributed by atoms with Gasteiger partial charge < -0.3 is 5.48 Å². The largest absolute Gasteiger partial charge is 0.412 e. The molecule has 0 fully saturated rings. The van der Waals surface area contributed by atoms with E-state index in [0.717, 1.165) is 0 Å². The van der Waals surface area contributed by atoms with Gasteiger partial charge in [0.05, 0.1) is 0 Å². The van der Waals surface area contributed by atoms with E-state index in [2.05, 4.69) is 0 Å². The number of rotatable bonds is 0. The summed E-state index contributed by atoms with van der Waals surface area (Å²) in [7, 11) is 0. The summed E-state index contributed by atoms with van der Waals surface area (Å²) in [6, 6.07) is 0. The van der Waals surface area contributed by atoms with Gasteiger partial charge in [-0.3, -0.25) is 0 Å². The van der Waals surface area contributed by atoms with Gasteiger partial charge in [-0.25, -0.2) is 0 Å². The van der Waals surface area contributed by atoms with Gasteiger partial charge in [0.15, 0.2) is 0 Å². The predicted octanol–water partition coefficient (Wildman–Crippen LogP) is -0.827. The molecule has 0 saturated carbocycles. The van der Waals surface area contributed by atoms with Crippen molar-refractivity contribution in [1.82, 2.24) is 0 Å². The second-order valence-electron chi connectivity index (χ2n) is 0. The fraction of sp³-hybridized carbons (Fsp3) is 0. The van der Waals surface area contributed by atoms with Gasteiger partial charge in [0.25, 0.3) is 0 Å². The minimum Gasteiger partial charge on any atom is -0.412 e. The molecule has 0 amide bonds. The van der Waals surface area contributed by atoms with Crippen molar-refractivity contribution in [2.45, 2.75) is 0 Å². The third-order valence-electron chi connectivity index (χ3n) is 0. The van der Waals surface area contributed by atoms with Gasteiger partial charge in [0.1, 0.15) is 0 Å². The molecular weight excluding hydrogens is 530 g/mol. The third-order valence-corrected chi connectivity index (χ3v) is 0. The summed E-state index contributed by atoms with van der Waals surface area (Å²) in [4.78, 5) is 0. The summed E-state index contributed by atoms with van der Waals surface area (Å²) in [6.45, 7) is 0. The Balaban J connectivity index is 0. The topological polar surface area (TPSA) is 31.5 Å². The first-order valence-electron chi connectivity index (χ1n) is 0. The molecule has 0 aliphatic carbocycles. The van der Waals surface area contributed by atoms with Gasteiger partial charge in [0.2, 0.25) is 0 Å². The molecule has 0 unspecified atom stereocenters. The van der Waals surface area contributed by atoms with E-state index in [1.54, 1.807) is 0 Å². The summed E-state index contributed by atoms with van der Waals surface area (Å²) in [5.74, 6) is 0. The molecule has 0 aromatic heterocycles. The Morgan fingerprint density at radius 3 is 1.00 bits per heavy atom. The zero-order valence-electron chi connectivity index (χ0n) is 2.58. The van der Waals surface area contributed by atoms with Crippen LogP contribution in [0.5, 0.6) is 0 Å². The Morgan fingerprint density at radius 1 is 1.00 bits per heavy atom. The van der Waals surface area contributed by atoms with E-state index in [1.807, 2.05) is 0 Å². The van der Waals surface area contributed by atoms with Gasteiger partial charge in [-0.1, -0.05) is 0 Å². The van der Waals surface area contributed by atoms with Crippen LogP contribution in [-0.4, -0.2) is 5.48 Å². The van der Waals surface area contributed by atoms with Crippen LogP contribution in [0.15, 0.2) is 0 Å². The molecule has 1 nitrogen and oxygen atoms in total. The zero-order valence-corrected chi connectivity index (χ0v) is 15.0. The Kier molecular flexibility index (Phi) is 154. The van der Waals surface area contributed by atoms with Crippen molar-refractivity contribution in [2.24, 2.45) is 0 Å². The summed E-state index contributed by atoms with van der Waals surface area (Å²) >= 11 is 0.